The summed E-state index contributed by atoms with van der Waals surface area (Å²) in [5.41, 5.74) is 0. The maximum atomic E-state index is 10.5. The molecule has 0 saturated heterocycles. The molecule has 0 aliphatic heterocycles. The summed E-state index contributed by atoms with van der Waals surface area (Å²) in [6.45, 7) is -0.588. The van der Waals surface area contributed by atoms with Crippen LogP contribution in [-0.4, -0.2) is 17.7 Å². The second-order valence-electron chi connectivity index (χ2n) is 4.07. The molecule has 0 amide bonds. The zero-order valence-electron chi connectivity index (χ0n) is 10.1. The van der Waals surface area contributed by atoms with Crippen LogP contribution < -0.4 is 4.74 Å². The second kappa shape index (κ2) is 8.76. The molecule has 2 rings (SSSR count). The Labute approximate surface area is 102 Å². The molecule has 0 bridgehead atoms. The molecule has 0 aromatic heterocycles. The molecule has 1 aliphatic rings. The van der Waals surface area contributed by atoms with Gasteiger partial charge in [0.2, 0.25) is 0 Å². The lowest BCUT2D eigenvalue weighted by molar-refractivity contribution is -0.137. The van der Waals surface area contributed by atoms with Gasteiger partial charge in [0.05, 0.1) is 0 Å². The van der Waals surface area contributed by atoms with Crippen LogP contribution in [0.2, 0.25) is 0 Å². The third kappa shape index (κ3) is 6.74. The van der Waals surface area contributed by atoms with Crippen LogP contribution in [0.4, 0.5) is 0 Å². The van der Waals surface area contributed by atoms with Gasteiger partial charge in [0.15, 0.2) is 0 Å². The molecule has 17 heavy (non-hydrogen) atoms. The highest BCUT2D eigenvalue weighted by Crippen LogP contribution is 2.15. The number of para-hydroxylation sites is 1. The smallest absolute Gasteiger partial charge is 0.337 e. The van der Waals surface area contributed by atoms with Crippen LogP contribution in [-0.2, 0) is 4.79 Å². The molecule has 94 valence electrons. The van der Waals surface area contributed by atoms with Crippen LogP contribution in [0.15, 0.2) is 30.3 Å². The monoisotopic (exact) mass is 236 g/mol. The first kappa shape index (κ1) is 13.7. The van der Waals surface area contributed by atoms with Crippen LogP contribution in [0.5, 0.6) is 5.75 Å². The summed E-state index contributed by atoms with van der Waals surface area (Å²) in [6, 6.07) is 8.61. The molecular formula is C14H20O3. The molecule has 1 fully saturated rings. The number of benzene rings is 1. The summed E-state index contributed by atoms with van der Waals surface area (Å²) in [5.74, 6) is -0.192. The van der Waals surface area contributed by atoms with Crippen molar-refractivity contribution in [2.75, 3.05) is 6.61 Å². The van der Waals surface area contributed by atoms with Crippen LogP contribution in [0.3, 0.4) is 0 Å². The van der Waals surface area contributed by atoms with Crippen LogP contribution in [0.1, 0.15) is 38.5 Å². The van der Waals surface area contributed by atoms with Crippen molar-refractivity contribution in [1.29, 1.82) is 0 Å². The number of esters is 1. The highest BCUT2D eigenvalue weighted by molar-refractivity contribution is 5.73. The van der Waals surface area contributed by atoms with E-state index >= 15 is 0 Å². The average Bonchev–Trinajstić information content (AvgIpc) is 2.42. The molecule has 0 radical (unpaired) electrons. The number of aliphatic hydroxyl groups excluding tert-OH is 1. The minimum Gasteiger partial charge on any atom is -0.425 e. The van der Waals surface area contributed by atoms with Gasteiger partial charge in [0.25, 0.3) is 0 Å². The quantitative estimate of drug-likeness (QED) is 0.634. The number of ether oxygens (including phenoxy) is 1. The molecule has 3 heteroatoms. The minimum absolute atomic E-state index is 0.451. The lowest BCUT2D eigenvalue weighted by Gasteiger charge is -2.05. The Balaban J connectivity index is 0.000000202. The van der Waals surface area contributed by atoms with E-state index in [1.54, 1.807) is 24.3 Å². The Bertz CT molecular complexity index is 293. The molecule has 1 aliphatic carbocycles. The Kier molecular flexibility index (Phi) is 7.07. The molecule has 0 heterocycles. The first-order valence-electron chi connectivity index (χ1n) is 6.19. The number of rotatable bonds is 2. The van der Waals surface area contributed by atoms with E-state index in [-0.39, 0.29) is 0 Å². The SMILES string of the molecule is C1CCCCC1.O=C(CO)Oc1ccccc1. The van der Waals surface area contributed by atoms with Gasteiger partial charge in [-0.15, -0.1) is 0 Å². The molecule has 0 atom stereocenters. The highest BCUT2D eigenvalue weighted by atomic mass is 16.5. The van der Waals surface area contributed by atoms with Gasteiger partial charge in [0.1, 0.15) is 12.4 Å². The van der Waals surface area contributed by atoms with E-state index in [2.05, 4.69) is 4.74 Å². The summed E-state index contributed by atoms with van der Waals surface area (Å²) in [5, 5.41) is 8.32. The Morgan fingerprint density at radius 2 is 1.47 bits per heavy atom. The van der Waals surface area contributed by atoms with Crippen molar-refractivity contribution in [3.63, 3.8) is 0 Å². The molecule has 1 aromatic carbocycles. The van der Waals surface area contributed by atoms with Crippen LogP contribution in [0.25, 0.3) is 0 Å². The van der Waals surface area contributed by atoms with Crippen LogP contribution in [0, 0.1) is 0 Å². The van der Waals surface area contributed by atoms with E-state index in [4.69, 9.17) is 5.11 Å². The third-order valence-electron chi connectivity index (χ3n) is 2.60. The zero-order valence-corrected chi connectivity index (χ0v) is 10.1. The van der Waals surface area contributed by atoms with Gasteiger partial charge < -0.3 is 9.84 Å². The minimum atomic E-state index is -0.642. The third-order valence-corrected chi connectivity index (χ3v) is 2.60. The van der Waals surface area contributed by atoms with Gasteiger partial charge in [-0.3, -0.25) is 0 Å². The molecule has 0 unspecified atom stereocenters. The van der Waals surface area contributed by atoms with Crippen molar-refractivity contribution in [2.24, 2.45) is 0 Å². The number of carbonyl (C=O) groups excluding carboxylic acids is 1. The standard InChI is InChI=1S/C8H8O3.C6H12/c9-6-8(10)11-7-4-2-1-3-5-7;1-2-4-6-5-3-1/h1-5,9H,6H2;1-6H2. The lowest BCUT2D eigenvalue weighted by Crippen LogP contribution is -2.11. The van der Waals surface area contributed by atoms with Gasteiger partial charge in [-0.1, -0.05) is 56.7 Å². The fourth-order valence-corrected chi connectivity index (χ4v) is 1.71. The fourth-order valence-electron chi connectivity index (χ4n) is 1.71. The Morgan fingerprint density at radius 3 is 1.88 bits per heavy atom. The molecule has 3 nitrogen and oxygen atoms in total. The first-order valence-corrected chi connectivity index (χ1v) is 6.19. The highest BCUT2D eigenvalue weighted by Gasteiger charge is 1.99. The average molecular weight is 236 g/mol. The predicted molar refractivity (Wildman–Crippen MR) is 66.9 cm³/mol. The van der Waals surface area contributed by atoms with E-state index in [0.717, 1.165) is 0 Å². The summed E-state index contributed by atoms with van der Waals surface area (Å²) < 4.78 is 4.67. The van der Waals surface area contributed by atoms with Crippen molar-refractivity contribution in [2.45, 2.75) is 38.5 Å². The van der Waals surface area contributed by atoms with Crippen LogP contribution >= 0.6 is 0 Å². The number of hydrogen-bond acceptors (Lipinski definition) is 3. The number of carbonyl (C=O) groups is 1. The van der Waals surface area contributed by atoms with Crippen molar-refractivity contribution in [3.05, 3.63) is 30.3 Å². The molecule has 1 saturated carbocycles. The van der Waals surface area contributed by atoms with Crippen molar-refractivity contribution < 1.29 is 14.6 Å². The summed E-state index contributed by atoms with van der Waals surface area (Å²) in [7, 11) is 0. The Hall–Kier alpha value is -1.35. The normalized spacial score (nSPS) is 14.4. The van der Waals surface area contributed by atoms with Gasteiger partial charge in [-0.2, -0.15) is 0 Å². The molecule has 0 spiro atoms. The maximum Gasteiger partial charge on any atom is 0.337 e. The number of hydrogen-bond donors (Lipinski definition) is 1. The fraction of sp³-hybridized carbons (Fsp3) is 0.500. The van der Waals surface area contributed by atoms with E-state index in [1.807, 2.05) is 6.07 Å². The van der Waals surface area contributed by atoms with Gasteiger partial charge in [-0.05, 0) is 12.1 Å². The molecular weight excluding hydrogens is 216 g/mol. The lowest BCUT2D eigenvalue weighted by atomic mass is 10.0. The topological polar surface area (TPSA) is 46.5 Å². The first-order chi connectivity index (χ1) is 8.33. The van der Waals surface area contributed by atoms with Gasteiger partial charge >= 0.3 is 5.97 Å². The zero-order chi connectivity index (χ0) is 12.3. The van der Waals surface area contributed by atoms with E-state index < -0.39 is 12.6 Å². The predicted octanol–water partition coefficient (Wildman–Crippen LogP) is 2.92. The van der Waals surface area contributed by atoms with Crippen molar-refractivity contribution in [1.82, 2.24) is 0 Å². The van der Waals surface area contributed by atoms with E-state index in [0.29, 0.717) is 5.75 Å². The van der Waals surface area contributed by atoms with Crippen molar-refractivity contribution >= 4 is 5.97 Å². The summed E-state index contributed by atoms with van der Waals surface area (Å²) >= 11 is 0. The summed E-state index contributed by atoms with van der Waals surface area (Å²) in [4.78, 5) is 10.5. The molecule has 1 aromatic rings. The largest absolute Gasteiger partial charge is 0.425 e. The van der Waals surface area contributed by atoms with E-state index in [9.17, 15) is 4.79 Å². The number of aliphatic hydroxyl groups is 1. The summed E-state index contributed by atoms with van der Waals surface area (Å²) in [6.07, 6.45) is 9.00. The van der Waals surface area contributed by atoms with Crippen molar-refractivity contribution in [3.8, 4) is 5.75 Å². The maximum absolute atomic E-state index is 10.5. The van der Waals surface area contributed by atoms with E-state index in [1.165, 1.54) is 38.5 Å². The molecule has 1 N–H and O–H groups in total. The van der Waals surface area contributed by atoms with Gasteiger partial charge in [0, 0.05) is 0 Å². The van der Waals surface area contributed by atoms with Gasteiger partial charge in [-0.25, -0.2) is 4.79 Å². The Morgan fingerprint density at radius 1 is 1.00 bits per heavy atom. The second-order valence-corrected chi connectivity index (χ2v) is 4.07.